The zero-order chi connectivity index (χ0) is 8.69. The van der Waals surface area contributed by atoms with Crippen LogP contribution in [0.25, 0.3) is 0 Å². The van der Waals surface area contributed by atoms with Crippen molar-refractivity contribution in [1.82, 2.24) is 10.2 Å². The minimum absolute atomic E-state index is 0.682. The predicted octanol–water partition coefficient (Wildman–Crippen LogP) is 1.45. The third kappa shape index (κ3) is 4.85. The Morgan fingerprint density at radius 2 is 2.27 bits per heavy atom. The summed E-state index contributed by atoms with van der Waals surface area (Å²) < 4.78 is 0. The van der Waals surface area contributed by atoms with Crippen LogP contribution in [-0.4, -0.2) is 31.1 Å². The minimum atomic E-state index is 0.682. The van der Waals surface area contributed by atoms with Gasteiger partial charge in [-0.3, -0.25) is 0 Å². The van der Waals surface area contributed by atoms with Crippen molar-refractivity contribution in [2.45, 2.75) is 26.3 Å². The van der Waals surface area contributed by atoms with E-state index in [0.29, 0.717) is 6.04 Å². The Labute approximate surface area is 70.3 Å². The maximum atomic E-state index is 3.59. The van der Waals surface area contributed by atoms with Gasteiger partial charge in [-0.25, -0.2) is 0 Å². The fraction of sp³-hybridized carbons (Fsp3) is 0.778. The quantitative estimate of drug-likeness (QED) is 0.586. The summed E-state index contributed by atoms with van der Waals surface area (Å²) in [5.74, 6) is 0. The van der Waals surface area contributed by atoms with Crippen LogP contribution in [0.15, 0.2) is 12.8 Å². The predicted molar refractivity (Wildman–Crippen MR) is 50.6 cm³/mol. The summed E-state index contributed by atoms with van der Waals surface area (Å²) in [6.07, 6.45) is 2.95. The molecule has 0 heterocycles. The molecule has 0 amide bonds. The number of likely N-dealkylation sites (N-methyl/N-ethyl adjacent to an activating group) is 1. The van der Waals surface area contributed by atoms with Crippen molar-refractivity contribution in [3.63, 3.8) is 0 Å². The molecule has 0 aromatic carbocycles. The topological polar surface area (TPSA) is 15.3 Å². The molecule has 66 valence electrons. The molecule has 0 saturated heterocycles. The van der Waals surface area contributed by atoms with Crippen molar-refractivity contribution in [3.8, 4) is 0 Å². The molecule has 2 heteroatoms. The van der Waals surface area contributed by atoms with Crippen LogP contribution >= 0.6 is 0 Å². The molecule has 1 unspecified atom stereocenters. The largest absolute Gasteiger partial charge is 0.390 e. The second kappa shape index (κ2) is 6.23. The molecular formula is C9H20N2. The van der Waals surface area contributed by atoms with Crippen LogP contribution in [-0.2, 0) is 0 Å². The Balaban J connectivity index is 3.34. The summed E-state index contributed by atoms with van der Waals surface area (Å²) in [6.45, 7) is 10.1. The normalized spacial score (nSPS) is 13.1. The summed E-state index contributed by atoms with van der Waals surface area (Å²) in [5, 5.41) is 3.08. The maximum Gasteiger partial charge on any atom is 0.0269 e. The van der Waals surface area contributed by atoms with Gasteiger partial charge >= 0.3 is 0 Å². The Morgan fingerprint density at radius 1 is 1.64 bits per heavy atom. The summed E-state index contributed by atoms with van der Waals surface area (Å²) in [7, 11) is 2.15. The first-order chi connectivity index (χ1) is 5.22. The molecule has 1 atom stereocenters. The highest BCUT2D eigenvalue weighted by molar-refractivity contribution is 4.66. The van der Waals surface area contributed by atoms with Crippen molar-refractivity contribution in [3.05, 3.63) is 12.8 Å². The maximum absolute atomic E-state index is 3.59. The SMILES string of the molecule is C=CNCCN(C)C(C)CC. The third-order valence-electron chi connectivity index (χ3n) is 2.10. The van der Waals surface area contributed by atoms with Crippen molar-refractivity contribution in [2.24, 2.45) is 0 Å². The van der Waals surface area contributed by atoms with Crippen molar-refractivity contribution in [1.29, 1.82) is 0 Å². The van der Waals surface area contributed by atoms with E-state index in [1.807, 2.05) is 0 Å². The number of nitrogens with one attached hydrogen (secondary N) is 1. The van der Waals surface area contributed by atoms with Crippen LogP contribution in [0.2, 0.25) is 0 Å². The van der Waals surface area contributed by atoms with Gasteiger partial charge in [0, 0.05) is 19.1 Å². The molecule has 11 heavy (non-hydrogen) atoms. The lowest BCUT2D eigenvalue weighted by molar-refractivity contribution is 0.255. The van der Waals surface area contributed by atoms with Gasteiger partial charge < -0.3 is 10.2 Å². The van der Waals surface area contributed by atoms with Gasteiger partial charge in [-0.15, -0.1) is 0 Å². The molecule has 2 nitrogen and oxygen atoms in total. The molecule has 0 aliphatic carbocycles. The lowest BCUT2D eigenvalue weighted by Gasteiger charge is -2.23. The lowest BCUT2D eigenvalue weighted by Crippen LogP contribution is -2.33. The minimum Gasteiger partial charge on any atom is -0.390 e. The van der Waals surface area contributed by atoms with E-state index in [-0.39, 0.29) is 0 Å². The van der Waals surface area contributed by atoms with Crippen LogP contribution in [0.1, 0.15) is 20.3 Å². The zero-order valence-electron chi connectivity index (χ0n) is 7.93. The van der Waals surface area contributed by atoms with Crippen LogP contribution in [0.5, 0.6) is 0 Å². The van der Waals surface area contributed by atoms with E-state index in [1.165, 1.54) is 6.42 Å². The van der Waals surface area contributed by atoms with E-state index < -0.39 is 0 Å². The number of hydrogen-bond acceptors (Lipinski definition) is 2. The average Bonchev–Trinajstić information content (AvgIpc) is 2.03. The number of rotatable bonds is 6. The first-order valence-electron chi connectivity index (χ1n) is 4.26. The highest BCUT2D eigenvalue weighted by Crippen LogP contribution is 1.97. The van der Waals surface area contributed by atoms with Crippen molar-refractivity contribution >= 4 is 0 Å². The van der Waals surface area contributed by atoms with Crippen molar-refractivity contribution < 1.29 is 0 Å². The van der Waals surface area contributed by atoms with E-state index in [2.05, 4.69) is 37.7 Å². The van der Waals surface area contributed by atoms with Gasteiger partial charge in [0.05, 0.1) is 0 Å². The van der Waals surface area contributed by atoms with Gasteiger partial charge in [-0.1, -0.05) is 13.5 Å². The molecule has 0 aromatic rings. The van der Waals surface area contributed by atoms with Gasteiger partial charge in [-0.05, 0) is 26.6 Å². The van der Waals surface area contributed by atoms with E-state index in [1.54, 1.807) is 6.20 Å². The van der Waals surface area contributed by atoms with E-state index in [4.69, 9.17) is 0 Å². The molecule has 0 rings (SSSR count). The molecule has 1 N–H and O–H groups in total. The van der Waals surface area contributed by atoms with Gasteiger partial charge in [0.2, 0.25) is 0 Å². The first-order valence-corrected chi connectivity index (χ1v) is 4.26. The Morgan fingerprint density at radius 3 is 2.73 bits per heavy atom. The zero-order valence-corrected chi connectivity index (χ0v) is 7.93. The molecule has 0 saturated carbocycles. The fourth-order valence-corrected chi connectivity index (χ4v) is 0.875. The average molecular weight is 156 g/mol. The van der Waals surface area contributed by atoms with E-state index >= 15 is 0 Å². The number of hydrogen-bond donors (Lipinski definition) is 1. The highest BCUT2D eigenvalue weighted by atomic mass is 15.1. The molecule has 0 aliphatic rings. The molecule has 0 aliphatic heterocycles. The molecule has 0 aromatic heterocycles. The standard InChI is InChI=1S/C9H20N2/c1-5-9(3)11(4)8-7-10-6-2/h6,9-10H,2,5,7-8H2,1,3-4H3. The van der Waals surface area contributed by atoms with Crippen LogP contribution in [0.3, 0.4) is 0 Å². The molecule has 0 fully saturated rings. The molecular weight excluding hydrogens is 136 g/mol. The van der Waals surface area contributed by atoms with Gasteiger partial charge in [0.15, 0.2) is 0 Å². The van der Waals surface area contributed by atoms with Crippen LogP contribution in [0, 0.1) is 0 Å². The van der Waals surface area contributed by atoms with Gasteiger partial charge in [0.25, 0.3) is 0 Å². The molecule has 0 spiro atoms. The second-order valence-corrected chi connectivity index (χ2v) is 2.90. The van der Waals surface area contributed by atoms with Gasteiger partial charge in [0.1, 0.15) is 0 Å². The Hall–Kier alpha value is -0.500. The van der Waals surface area contributed by atoms with Crippen LogP contribution < -0.4 is 5.32 Å². The summed E-state index contributed by atoms with van der Waals surface area (Å²) in [4.78, 5) is 2.34. The van der Waals surface area contributed by atoms with Gasteiger partial charge in [-0.2, -0.15) is 0 Å². The lowest BCUT2D eigenvalue weighted by atomic mass is 10.2. The summed E-state index contributed by atoms with van der Waals surface area (Å²) in [6, 6.07) is 0.682. The fourth-order valence-electron chi connectivity index (χ4n) is 0.875. The summed E-state index contributed by atoms with van der Waals surface area (Å²) >= 11 is 0. The third-order valence-corrected chi connectivity index (χ3v) is 2.10. The Kier molecular flexibility index (Phi) is 5.94. The van der Waals surface area contributed by atoms with E-state index in [0.717, 1.165) is 13.1 Å². The monoisotopic (exact) mass is 156 g/mol. The summed E-state index contributed by atoms with van der Waals surface area (Å²) in [5.41, 5.74) is 0. The van der Waals surface area contributed by atoms with Crippen molar-refractivity contribution in [2.75, 3.05) is 20.1 Å². The smallest absolute Gasteiger partial charge is 0.0269 e. The van der Waals surface area contributed by atoms with Crippen LogP contribution in [0.4, 0.5) is 0 Å². The van der Waals surface area contributed by atoms with E-state index in [9.17, 15) is 0 Å². The Bertz CT molecular complexity index is 102. The first kappa shape index (κ1) is 10.5. The molecule has 0 radical (unpaired) electrons. The number of nitrogens with zero attached hydrogens (tertiary/aromatic N) is 1. The molecule has 0 bridgehead atoms. The second-order valence-electron chi connectivity index (χ2n) is 2.90. The highest BCUT2D eigenvalue weighted by Gasteiger charge is 2.04.